The van der Waals surface area contributed by atoms with Crippen molar-refractivity contribution in [2.75, 3.05) is 0 Å². The Bertz CT molecular complexity index is 1210. The van der Waals surface area contributed by atoms with E-state index in [0.717, 1.165) is 36.6 Å². The maximum absolute atomic E-state index is 14.5. The number of halogens is 6. The van der Waals surface area contributed by atoms with Crippen molar-refractivity contribution in [1.29, 1.82) is 0 Å². The van der Waals surface area contributed by atoms with Gasteiger partial charge in [0.2, 0.25) is 0 Å². The Balaban J connectivity index is 1.78. The zero-order chi connectivity index (χ0) is 25.0. The lowest BCUT2D eigenvalue weighted by molar-refractivity contribution is -0.189. The Kier molecular flexibility index (Phi) is 7.18. The quantitative estimate of drug-likeness (QED) is 0.272. The monoisotopic (exact) mass is 484 g/mol. The van der Waals surface area contributed by atoms with Crippen LogP contribution < -0.4 is 9.47 Å². The van der Waals surface area contributed by atoms with Gasteiger partial charge in [-0.2, -0.15) is 13.2 Å². The van der Waals surface area contributed by atoms with Gasteiger partial charge < -0.3 is 9.47 Å². The number of rotatable bonds is 6. The van der Waals surface area contributed by atoms with Crippen LogP contribution in [-0.2, 0) is 11.2 Å². The Morgan fingerprint density at radius 1 is 0.912 bits per heavy atom. The third kappa shape index (κ3) is 5.69. The molecule has 178 valence electrons. The van der Waals surface area contributed by atoms with E-state index >= 15 is 0 Å². The lowest BCUT2D eigenvalue weighted by Crippen LogP contribution is -2.28. The number of esters is 2. The molecule has 3 rings (SSSR count). The number of carbonyl (C=O) groups is 2. The number of aryl methyl sites for hydroxylation is 1. The summed E-state index contributed by atoms with van der Waals surface area (Å²) in [6.07, 6.45) is -0.766. The van der Waals surface area contributed by atoms with Crippen molar-refractivity contribution in [3.05, 3.63) is 71.3 Å². The molecule has 0 atom stereocenters. The molecule has 0 aliphatic heterocycles. The fraction of sp³-hybridized carbons (Fsp3) is 0.182. The molecule has 0 fully saturated rings. The minimum absolute atomic E-state index is 0.0173. The molecule has 1 aromatic heterocycles. The van der Waals surface area contributed by atoms with Crippen LogP contribution in [0.4, 0.5) is 26.3 Å². The number of benzene rings is 2. The number of hydrogen-bond acceptors (Lipinski definition) is 6. The molecule has 0 aliphatic rings. The van der Waals surface area contributed by atoms with E-state index in [4.69, 9.17) is 4.74 Å². The summed E-state index contributed by atoms with van der Waals surface area (Å²) in [7, 11) is 0. The van der Waals surface area contributed by atoms with Crippen LogP contribution in [0.2, 0.25) is 0 Å². The predicted molar refractivity (Wildman–Crippen MR) is 104 cm³/mol. The van der Waals surface area contributed by atoms with Gasteiger partial charge in [-0.3, -0.25) is 0 Å². The van der Waals surface area contributed by atoms with Gasteiger partial charge in [-0.25, -0.2) is 32.7 Å². The van der Waals surface area contributed by atoms with Crippen LogP contribution in [0.1, 0.15) is 29.3 Å². The lowest BCUT2D eigenvalue weighted by atomic mass is 10.1. The molecule has 0 N–H and O–H groups in total. The second-order valence-corrected chi connectivity index (χ2v) is 6.85. The van der Waals surface area contributed by atoms with Gasteiger partial charge in [-0.05, 0) is 36.2 Å². The van der Waals surface area contributed by atoms with Gasteiger partial charge in [-0.1, -0.05) is 13.3 Å². The molecule has 0 bridgehead atoms. The largest absolute Gasteiger partial charge is 0.491 e. The Morgan fingerprint density at radius 3 is 2.06 bits per heavy atom. The van der Waals surface area contributed by atoms with Gasteiger partial charge in [0.1, 0.15) is 22.9 Å². The van der Waals surface area contributed by atoms with E-state index < -0.39 is 52.6 Å². The third-order valence-corrected chi connectivity index (χ3v) is 4.30. The molecule has 0 saturated heterocycles. The Labute approximate surface area is 188 Å². The molecule has 34 heavy (non-hydrogen) atoms. The maximum Gasteiger partial charge on any atom is 0.491 e. The zero-order valence-electron chi connectivity index (χ0n) is 17.3. The number of aromatic nitrogens is 2. The molecule has 3 aromatic rings. The van der Waals surface area contributed by atoms with E-state index in [1.54, 1.807) is 0 Å². The van der Waals surface area contributed by atoms with Gasteiger partial charge in [0.15, 0.2) is 17.4 Å². The van der Waals surface area contributed by atoms with E-state index in [1.165, 1.54) is 12.4 Å². The molecule has 0 aliphatic carbocycles. The Hall–Kier alpha value is -3.96. The highest BCUT2D eigenvalue weighted by Crippen LogP contribution is 2.28. The van der Waals surface area contributed by atoms with Crippen LogP contribution in [0.3, 0.4) is 0 Å². The first-order chi connectivity index (χ1) is 16.0. The summed E-state index contributed by atoms with van der Waals surface area (Å²) in [6.45, 7) is 1.96. The van der Waals surface area contributed by atoms with Crippen molar-refractivity contribution in [3.63, 3.8) is 0 Å². The molecule has 2 aromatic carbocycles. The van der Waals surface area contributed by atoms with Gasteiger partial charge in [-0.15, -0.1) is 0 Å². The van der Waals surface area contributed by atoms with Gasteiger partial charge in [0, 0.05) is 24.0 Å². The Morgan fingerprint density at radius 2 is 1.53 bits per heavy atom. The van der Waals surface area contributed by atoms with Crippen LogP contribution in [0.5, 0.6) is 11.5 Å². The van der Waals surface area contributed by atoms with Gasteiger partial charge in [0.25, 0.3) is 0 Å². The molecule has 6 nitrogen and oxygen atoms in total. The molecule has 0 radical (unpaired) electrons. The third-order valence-electron chi connectivity index (χ3n) is 4.30. The highest BCUT2D eigenvalue weighted by atomic mass is 19.4. The van der Waals surface area contributed by atoms with Crippen molar-refractivity contribution in [2.24, 2.45) is 0 Å². The van der Waals surface area contributed by atoms with E-state index in [-0.39, 0.29) is 11.4 Å². The summed E-state index contributed by atoms with van der Waals surface area (Å²) in [5, 5.41) is 0. The number of hydrogen-bond donors (Lipinski definition) is 0. The van der Waals surface area contributed by atoms with Crippen molar-refractivity contribution < 1.29 is 45.4 Å². The summed E-state index contributed by atoms with van der Waals surface area (Å²) in [4.78, 5) is 31.1. The molecule has 1 heterocycles. The van der Waals surface area contributed by atoms with E-state index in [2.05, 4.69) is 14.7 Å². The molecular formula is C22H14F6N2O4. The van der Waals surface area contributed by atoms with E-state index in [0.29, 0.717) is 12.1 Å². The van der Waals surface area contributed by atoms with Crippen molar-refractivity contribution in [2.45, 2.75) is 25.9 Å². The second-order valence-electron chi connectivity index (χ2n) is 6.85. The minimum Gasteiger partial charge on any atom is -0.423 e. The average Bonchev–Trinajstić information content (AvgIpc) is 2.75. The smallest absolute Gasteiger partial charge is 0.423 e. The van der Waals surface area contributed by atoms with Crippen LogP contribution >= 0.6 is 0 Å². The molecular weight excluding hydrogens is 470 g/mol. The SMILES string of the molecule is CCCc1cnc(-c2cc(F)c(C(=O)Oc3ccc(OC(=O)C(F)(F)F)c(F)c3)c(F)c2)nc1. The molecule has 0 unspecified atom stereocenters. The molecule has 0 spiro atoms. The van der Waals surface area contributed by atoms with Crippen molar-refractivity contribution in [3.8, 4) is 22.9 Å². The zero-order valence-corrected chi connectivity index (χ0v) is 17.3. The highest BCUT2D eigenvalue weighted by Gasteiger charge is 2.41. The van der Waals surface area contributed by atoms with Crippen LogP contribution in [0.25, 0.3) is 11.4 Å². The average molecular weight is 484 g/mol. The number of alkyl halides is 3. The normalized spacial score (nSPS) is 11.3. The number of ether oxygens (including phenoxy) is 2. The van der Waals surface area contributed by atoms with Crippen LogP contribution in [0.15, 0.2) is 42.7 Å². The predicted octanol–water partition coefficient (Wildman–Crippen LogP) is 5.20. The van der Waals surface area contributed by atoms with Gasteiger partial charge in [0.05, 0.1) is 0 Å². The van der Waals surface area contributed by atoms with E-state index in [1.807, 2.05) is 6.92 Å². The van der Waals surface area contributed by atoms with Crippen LogP contribution in [0, 0.1) is 17.5 Å². The topological polar surface area (TPSA) is 78.4 Å². The summed E-state index contributed by atoms with van der Waals surface area (Å²) >= 11 is 0. The minimum atomic E-state index is -5.36. The second kappa shape index (κ2) is 9.89. The molecule has 12 heteroatoms. The fourth-order valence-electron chi connectivity index (χ4n) is 2.76. The number of nitrogens with zero attached hydrogens (tertiary/aromatic N) is 2. The standard InChI is InChI=1S/C22H14F6N2O4/c1-2-3-11-9-29-19(30-10-11)12-6-15(24)18(16(25)7-12)20(31)33-13-4-5-17(14(23)8-13)34-21(32)22(26,27)28/h4-10H,2-3H2,1H3. The summed E-state index contributed by atoms with van der Waals surface area (Å²) < 4.78 is 88.2. The van der Waals surface area contributed by atoms with E-state index in [9.17, 15) is 35.9 Å². The first-order valence-electron chi connectivity index (χ1n) is 9.60. The first-order valence-corrected chi connectivity index (χ1v) is 9.60. The summed E-state index contributed by atoms with van der Waals surface area (Å²) in [6, 6.07) is 3.39. The van der Waals surface area contributed by atoms with Crippen molar-refractivity contribution in [1.82, 2.24) is 9.97 Å². The molecule has 0 amide bonds. The van der Waals surface area contributed by atoms with Crippen molar-refractivity contribution >= 4 is 11.9 Å². The number of carbonyl (C=O) groups excluding carboxylic acids is 2. The maximum atomic E-state index is 14.5. The highest BCUT2D eigenvalue weighted by molar-refractivity contribution is 5.92. The summed E-state index contributed by atoms with van der Waals surface area (Å²) in [5.41, 5.74) is -0.311. The molecule has 0 saturated carbocycles. The first kappa shape index (κ1) is 24.7. The fourth-order valence-corrected chi connectivity index (χ4v) is 2.76. The summed E-state index contributed by atoms with van der Waals surface area (Å²) in [5.74, 6) is -9.98. The lowest BCUT2D eigenvalue weighted by Gasteiger charge is -2.10. The van der Waals surface area contributed by atoms with Gasteiger partial charge >= 0.3 is 18.1 Å². The van der Waals surface area contributed by atoms with Crippen LogP contribution in [-0.4, -0.2) is 28.1 Å².